The van der Waals surface area contributed by atoms with Gasteiger partial charge in [-0.15, -0.1) is 0 Å². The van der Waals surface area contributed by atoms with E-state index in [9.17, 15) is 4.79 Å². The molecule has 21 heavy (non-hydrogen) atoms. The molecule has 1 heterocycles. The van der Waals surface area contributed by atoms with Gasteiger partial charge in [-0.25, -0.2) is 0 Å². The monoisotopic (exact) mass is 286 g/mol. The quantitative estimate of drug-likeness (QED) is 0.885. The van der Waals surface area contributed by atoms with Crippen molar-refractivity contribution in [2.75, 3.05) is 11.9 Å². The minimum atomic E-state index is -0.0974. The highest BCUT2D eigenvalue weighted by atomic mass is 16.3. The zero-order valence-corrected chi connectivity index (χ0v) is 12.6. The molecule has 0 saturated heterocycles. The van der Waals surface area contributed by atoms with Gasteiger partial charge in [0.2, 0.25) is 0 Å². The minimum absolute atomic E-state index is 0.0974. The summed E-state index contributed by atoms with van der Waals surface area (Å²) in [5.74, 6) is 0.515. The molecule has 4 nitrogen and oxygen atoms in total. The Kier molecular flexibility index (Phi) is 5.17. The molecule has 1 aromatic carbocycles. The lowest BCUT2D eigenvalue weighted by Crippen LogP contribution is -2.25. The van der Waals surface area contributed by atoms with E-state index in [0.29, 0.717) is 17.9 Å². The highest BCUT2D eigenvalue weighted by Crippen LogP contribution is 2.18. The predicted octanol–water partition coefficient (Wildman–Crippen LogP) is 3.36. The van der Waals surface area contributed by atoms with Gasteiger partial charge in [-0.2, -0.15) is 0 Å². The normalized spacial score (nSPS) is 10.6. The average Bonchev–Trinajstić information content (AvgIpc) is 3.01. The minimum Gasteiger partial charge on any atom is -0.467 e. The predicted molar refractivity (Wildman–Crippen MR) is 84.4 cm³/mol. The maximum Gasteiger partial charge on any atom is 0.261 e. The number of unbranched alkanes of at least 4 members (excludes halogenated alkanes) is 1. The Hall–Kier alpha value is -2.07. The number of anilines is 1. The zero-order chi connectivity index (χ0) is 15.2. The van der Waals surface area contributed by atoms with Gasteiger partial charge < -0.3 is 15.1 Å². The number of nitrogens with two attached hydrogens (primary N) is 1. The Bertz CT molecular complexity index is 587. The van der Waals surface area contributed by atoms with Crippen LogP contribution in [0.15, 0.2) is 41.0 Å². The standard InChI is InChI=1S/C17H22N2O2/c1-3-4-5-13-6-8-15(9-7-13)19(2)17(20)14-10-16(11-18)21-12-14/h6-10,12H,3-5,11,18H2,1-2H3. The SMILES string of the molecule is CCCCc1ccc(N(C)C(=O)c2coc(CN)c2)cc1. The van der Waals surface area contributed by atoms with Crippen molar-refractivity contribution < 1.29 is 9.21 Å². The molecule has 1 aromatic heterocycles. The van der Waals surface area contributed by atoms with E-state index in [-0.39, 0.29) is 5.91 Å². The summed E-state index contributed by atoms with van der Waals surface area (Å²) in [7, 11) is 1.76. The van der Waals surface area contributed by atoms with Crippen LogP contribution in [-0.4, -0.2) is 13.0 Å². The van der Waals surface area contributed by atoms with Gasteiger partial charge in [0.25, 0.3) is 5.91 Å². The van der Waals surface area contributed by atoms with Crippen molar-refractivity contribution in [2.45, 2.75) is 32.7 Å². The smallest absolute Gasteiger partial charge is 0.261 e. The van der Waals surface area contributed by atoms with Gasteiger partial charge in [0.1, 0.15) is 12.0 Å². The Balaban J connectivity index is 2.08. The third-order valence-electron chi connectivity index (χ3n) is 3.55. The topological polar surface area (TPSA) is 59.5 Å². The molecule has 0 fully saturated rings. The average molecular weight is 286 g/mol. The van der Waals surface area contributed by atoms with Gasteiger partial charge >= 0.3 is 0 Å². The Morgan fingerprint density at radius 1 is 1.29 bits per heavy atom. The van der Waals surface area contributed by atoms with Crippen molar-refractivity contribution in [3.8, 4) is 0 Å². The van der Waals surface area contributed by atoms with E-state index in [2.05, 4.69) is 19.1 Å². The van der Waals surface area contributed by atoms with Crippen molar-refractivity contribution in [3.63, 3.8) is 0 Å². The molecule has 0 atom stereocenters. The second kappa shape index (κ2) is 7.09. The number of hydrogen-bond donors (Lipinski definition) is 1. The fourth-order valence-corrected chi connectivity index (χ4v) is 2.18. The summed E-state index contributed by atoms with van der Waals surface area (Å²) >= 11 is 0. The van der Waals surface area contributed by atoms with Gasteiger partial charge in [-0.3, -0.25) is 4.79 Å². The van der Waals surface area contributed by atoms with E-state index in [1.54, 1.807) is 18.0 Å². The molecular weight excluding hydrogens is 264 g/mol. The Morgan fingerprint density at radius 2 is 2.00 bits per heavy atom. The van der Waals surface area contributed by atoms with Gasteiger partial charge in [0, 0.05) is 12.7 Å². The van der Waals surface area contributed by atoms with E-state index in [0.717, 1.165) is 12.1 Å². The second-order valence-electron chi connectivity index (χ2n) is 5.14. The molecule has 0 bridgehead atoms. The third kappa shape index (κ3) is 3.73. The molecule has 0 unspecified atom stereocenters. The van der Waals surface area contributed by atoms with Crippen LogP contribution in [0.2, 0.25) is 0 Å². The van der Waals surface area contributed by atoms with Crippen LogP contribution in [0.5, 0.6) is 0 Å². The maximum absolute atomic E-state index is 12.4. The first-order valence-electron chi connectivity index (χ1n) is 7.30. The molecule has 0 aliphatic rings. The van der Waals surface area contributed by atoms with Crippen LogP contribution >= 0.6 is 0 Å². The first kappa shape index (κ1) is 15.3. The number of carbonyl (C=O) groups excluding carboxylic acids is 1. The molecule has 0 spiro atoms. The number of aryl methyl sites for hydroxylation is 1. The van der Waals surface area contributed by atoms with Gasteiger partial charge in [-0.1, -0.05) is 25.5 Å². The molecule has 0 saturated carbocycles. The molecular formula is C17H22N2O2. The second-order valence-corrected chi connectivity index (χ2v) is 5.14. The summed E-state index contributed by atoms with van der Waals surface area (Å²) < 4.78 is 5.21. The number of furan rings is 1. The van der Waals surface area contributed by atoms with Crippen LogP contribution in [0.1, 0.15) is 41.4 Å². The first-order chi connectivity index (χ1) is 10.2. The Morgan fingerprint density at radius 3 is 2.57 bits per heavy atom. The van der Waals surface area contributed by atoms with E-state index >= 15 is 0 Å². The molecule has 2 N–H and O–H groups in total. The highest BCUT2D eigenvalue weighted by Gasteiger charge is 2.15. The van der Waals surface area contributed by atoms with Gasteiger partial charge in [0.05, 0.1) is 12.1 Å². The van der Waals surface area contributed by atoms with Crippen molar-refractivity contribution in [3.05, 3.63) is 53.5 Å². The van der Waals surface area contributed by atoms with Crippen LogP contribution in [-0.2, 0) is 13.0 Å². The van der Waals surface area contributed by atoms with Crippen molar-refractivity contribution in [1.82, 2.24) is 0 Å². The number of amides is 1. The summed E-state index contributed by atoms with van der Waals surface area (Å²) in [4.78, 5) is 14.0. The molecule has 2 rings (SSSR count). The van der Waals surface area contributed by atoms with E-state index < -0.39 is 0 Å². The molecule has 112 valence electrons. The van der Waals surface area contributed by atoms with E-state index in [1.807, 2.05) is 12.1 Å². The summed E-state index contributed by atoms with van der Waals surface area (Å²) in [6, 6.07) is 9.80. The number of nitrogens with zero attached hydrogens (tertiary/aromatic N) is 1. The summed E-state index contributed by atoms with van der Waals surface area (Å²) in [6.45, 7) is 2.48. The molecule has 0 aliphatic heterocycles. The van der Waals surface area contributed by atoms with Gasteiger partial charge in [-0.05, 0) is 36.6 Å². The zero-order valence-electron chi connectivity index (χ0n) is 12.6. The molecule has 2 aromatic rings. The molecule has 1 amide bonds. The number of hydrogen-bond acceptors (Lipinski definition) is 3. The van der Waals surface area contributed by atoms with Crippen molar-refractivity contribution in [2.24, 2.45) is 5.73 Å². The number of benzene rings is 1. The summed E-state index contributed by atoms with van der Waals surface area (Å²) in [5, 5.41) is 0. The van der Waals surface area contributed by atoms with Crippen LogP contribution in [0.25, 0.3) is 0 Å². The lowest BCUT2D eigenvalue weighted by molar-refractivity contribution is 0.0992. The Labute approximate surface area is 125 Å². The molecule has 0 radical (unpaired) electrons. The lowest BCUT2D eigenvalue weighted by atomic mass is 10.1. The highest BCUT2D eigenvalue weighted by molar-refractivity contribution is 6.05. The lowest BCUT2D eigenvalue weighted by Gasteiger charge is -2.16. The van der Waals surface area contributed by atoms with E-state index in [1.165, 1.54) is 24.7 Å². The molecule has 0 aliphatic carbocycles. The number of rotatable bonds is 6. The fraction of sp³-hybridized carbons (Fsp3) is 0.353. The largest absolute Gasteiger partial charge is 0.467 e. The third-order valence-corrected chi connectivity index (χ3v) is 3.55. The maximum atomic E-state index is 12.4. The van der Waals surface area contributed by atoms with Crippen molar-refractivity contribution >= 4 is 11.6 Å². The fourth-order valence-electron chi connectivity index (χ4n) is 2.18. The number of carbonyl (C=O) groups is 1. The van der Waals surface area contributed by atoms with Gasteiger partial charge in [0.15, 0.2) is 0 Å². The van der Waals surface area contributed by atoms with Crippen LogP contribution in [0.4, 0.5) is 5.69 Å². The van der Waals surface area contributed by atoms with Crippen molar-refractivity contribution in [1.29, 1.82) is 0 Å². The van der Waals surface area contributed by atoms with Crippen LogP contribution < -0.4 is 10.6 Å². The summed E-state index contributed by atoms with van der Waals surface area (Å²) in [5.41, 5.74) is 8.18. The first-order valence-corrected chi connectivity index (χ1v) is 7.30. The van der Waals surface area contributed by atoms with E-state index in [4.69, 9.17) is 10.2 Å². The molecule has 4 heteroatoms. The van der Waals surface area contributed by atoms with Crippen LogP contribution in [0.3, 0.4) is 0 Å². The van der Waals surface area contributed by atoms with Crippen LogP contribution in [0, 0.1) is 0 Å². The summed E-state index contributed by atoms with van der Waals surface area (Å²) in [6.07, 6.45) is 4.90.